The molecule has 5 heterocycles. The summed E-state index contributed by atoms with van der Waals surface area (Å²) in [5, 5.41) is 8.52. The quantitative estimate of drug-likeness (QED) is 0.251. The molecular weight excluding hydrogens is 633 g/mol. The molecule has 0 saturated carbocycles. The normalized spacial score (nSPS) is 16.6. The highest BCUT2D eigenvalue weighted by atomic mass is 35.5. The molecule has 0 bridgehead atoms. The first-order valence-corrected chi connectivity index (χ1v) is 14.4. The lowest BCUT2D eigenvalue weighted by molar-refractivity contribution is -0.238. The molecule has 17 heteroatoms. The van der Waals surface area contributed by atoms with Crippen LogP contribution in [0.25, 0.3) is 5.52 Å². The number of alkyl halides is 3. The van der Waals surface area contributed by atoms with Crippen LogP contribution in [0, 0.1) is 5.82 Å². The Morgan fingerprint density at radius 3 is 2.55 bits per heavy atom. The van der Waals surface area contributed by atoms with Crippen molar-refractivity contribution in [3.05, 3.63) is 79.5 Å². The maximum absolute atomic E-state index is 15.0. The largest absolute Gasteiger partial charge is 0.497 e. The van der Waals surface area contributed by atoms with Crippen LogP contribution in [-0.2, 0) is 29.1 Å². The second-order valence-electron chi connectivity index (χ2n) is 10.7. The third-order valence-electron chi connectivity index (χ3n) is 7.85. The number of nitrogens with zero attached hydrogens (tertiary/aromatic N) is 6. The Balaban J connectivity index is 1.25. The lowest BCUT2D eigenvalue weighted by Gasteiger charge is -2.36. The third-order valence-corrected chi connectivity index (χ3v) is 8.60. The lowest BCUT2D eigenvalue weighted by Crippen LogP contribution is -2.57. The molecule has 11 nitrogen and oxygen atoms in total. The van der Waals surface area contributed by atoms with E-state index in [0.29, 0.717) is 24.1 Å². The van der Waals surface area contributed by atoms with Gasteiger partial charge in [-0.25, -0.2) is 9.18 Å². The van der Waals surface area contributed by atoms with Crippen molar-refractivity contribution >= 4 is 46.5 Å². The van der Waals surface area contributed by atoms with Gasteiger partial charge in [-0.2, -0.15) is 13.2 Å². The van der Waals surface area contributed by atoms with E-state index in [-0.39, 0.29) is 72.2 Å². The van der Waals surface area contributed by atoms with Gasteiger partial charge in [-0.3, -0.25) is 23.4 Å². The second kappa shape index (κ2) is 11.2. The number of aromatic nitrogens is 5. The van der Waals surface area contributed by atoms with Crippen molar-refractivity contribution in [2.75, 3.05) is 19.6 Å². The minimum atomic E-state index is -5.18. The Hall–Kier alpha value is -3.95. The topological polar surface area (TPSA) is 115 Å². The molecule has 2 aliphatic heterocycles. The third kappa shape index (κ3) is 5.32. The van der Waals surface area contributed by atoms with Crippen LogP contribution < -0.4 is 10.2 Å². The van der Waals surface area contributed by atoms with Crippen molar-refractivity contribution in [1.29, 1.82) is 0 Å². The molecule has 2 aliphatic rings. The Labute approximate surface area is 256 Å². The standard InChI is InChI=1S/C27H23Cl2F4N7O4/c28-18-12-20-23(41)34-13-16(39(20)22(18)29)10-15-4-5-19(30)17(11-15)24(42)37-6-7-38-21(14-37)35-36-26(38)40(8-2-1-3-9-40)44-25(43)27(31,32)33/h4-5,11-13H,1-3,6-10,14H2/p+1. The summed E-state index contributed by atoms with van der Waals surface area (Å²) in [4.78, 5) is 46.5. The summed E-state index contributed by atoms with van der Waals surface area (Å²) in [7, 11) is 0. The number of nitrogens with one attached hydrogen (secondary N) is 1. The zero-order valence-electron chi connectivity index (χ0n) is 22.8. The van der Waals surface area contributed by atoms with Gasteiger partial charge >= 0.3 is 18.1 Å². The van der Waals surface area contributed by atoms with E-state index < -0.39 is 34.1 Å². The molecule has 4 aromatic rings. The Morgan fingerprint density at radius 1 is 1.07 bits per heavy atom. The molecule has 1 N–H and O–H groups in total. The van der Waals surface area contributed by atoms with Gasteiger partial charge in [-0.1, -0.05) is 39.0 Å². The second-order valence-corrected chi connectivity index (χ2v) is 11.4. The van der Waals surface area contributed by atoms with Crippen molar-refractivity contribution in [2.24, 2.45) is 0 Å². The number of halogens is 6. The van der Waals surface area contributed by atoms with Crippen LogP contribution in [0.1, 0.15) is 46.7 Å². The number of quaternary nitrogens is 1. The van der Waals surface area contributed by atoms with E-state index in [1.54, 1.807) is 4.57 Å². The number of carbonyl (C=O) groups is 2. The van der Waals surface area contributed by atoms with Crippen LogP contribution in [0.4, 0.5) is 23.5 Å². The average molecular weight is 657 g/mol. The highest BCUT2D eigenvalue weighted by Crippen LogP contribution is 2.33. The van der Waals surface area contributed by atoms with Crippen LogP contribution in [0.2, 0.25) is 10.2 Å². The van der Waals surface area contributed by atoms with Crippen molar-refractivity contribution < 1.29 is 32.0 Å². The molecule has 3 aromatic heterocycles. The summed E-state index contributed by atoms with van der Waals surface area (Å²) in [6.07, 6.45) is -1.76. The molecule has 0 aliphatic carbocycles. The summed E-state index contributed by atoms with van der Waals surface area (Å²) < 4.78 is 56.6. The molecule has 44 heavy (non-hydrogen) atoms. The SMILES string of the molecule is O=C(c1cc(Cc2c[nH]c(=O)c3cc(Cl)c(Cl)n23)ccc1F)N1CCn2c(nnc2[N+]2(OC(=O)C(F)(F)F)CCCCC2)C1. The Morgan fingerprint density at radius 2 is 1.82 bits per heavy atom. The van der Waals surface area contributed by atoms with E-state index in [1.165, 1.54) is 39.8 Å². The Bertz CT molecular complexity index is 1850. The van der Waals surface area contributed by atoms with Gasteiger partial charge in [0.05, 0.1) is 17.1 Å². The number of piperidine rings is 1. The van der Waals surface area contributed by atoms with E-state index in [4.69, 9.17) is 28.0 Å². The van der Waals surface area contributed by atoms with E-state index in [9.17, 15) is 31.9 Å². The molecule has 1 amide bonds. The molecule has 0 radical (unpaired) electrons. The van der Waals surface area contributed by atoms with E-state index >= 15 is 0 Å². The first-order chi connectivity index (χ1) is 20.9. The number of amides is 1. The predicted molar refractivity (Wildman–Crippen MR) is 150 cm³/mol. The number of benzene rings is 1. The van der Waals surface area contributed by atoms with Gasteiger partial charge < -0.3 is 9.88 Å². The lowest BCUT2D eigenvalue weighted by atomic mass is 10.0. The summed E-state index contributed by atoms with van der Waals surface area (Å²) in [6.45, 7) is 0.272. The van der Waals surface area contributed by atoms with Crippen LogP contribution in [0.3, 0.4) is 0 Å². The van der Waals surface area contributed by atoms with Gasteiger partial charge in [0.1, 0.15) is 29.6 Å². The minimum absolute atomic E-state index is 0.0496. The number of hydroxylamine groups is 2. The number of fused-ring (bicyclic) bond motifs is 2. The Kier molecular flexibility index (Phi) is 7.66. The molecule has 0 unspecified atom stereocenters. The van der Waals surface area contributed by atoms with Gasteiger partial charge in [-0.05, 0) is 30.2 Å². The van der Waals surface area contributed by atoms with Crippen molar-refractivity contribution in [3.8, 4) is 0 Å². The fraction of sp³-hybridized carbons (Fsp3) is 0.370. The summed E-state index contributed by atoms with van der Waals surface area (Å²) in [5.74, 6) is -3.38. The van der Waals surface area contributed by atoms with Crippen molar-refractivity contribution in [3.63, 3.8) is 0 Å². The summed E-state index contributed by atoms with van der Waals surface area (Å²) in [5.41, 5.74) is 0.724. The monoisotopic (exact) mass is 656 g/mol. The fourth-order valence-electron chi connectivity index (χ4n) is 5.73. The van der Waals surface area contributed by atoms with Gasteiger partial charge in [0.2, 0.25) is 0 Å². The zero-order chi connectivity index (χ0) is 31.4. The first-order valence-electron chi connectivity index (χ1n) is 13.6. The van der Waals surface area contributed by atoms with Gasteiger partial charge in [0.15, 0.2) is 5.82 Å². The molecule has 1 saturated heterocycles. The van der Waals surface area contributed by atoms with Crippen LogP contribution in [0.15, 0.2) is 35.3 Å². The molecule has 1 fully saturated rings. The van der Waals surface area contributed by atoms with Gasteiger partial charge in [-0.15, -0.1) is 5.10 Å². The van der Waals surface area contributed by atoms with Crippen LogP contribution >= 0.6 is 23.2 Å². The average Bonchev–Trinajstić information content (AvgIpc) is 3.56. The highest BCUT2D eigenvalue weighted by molar-refractivity contribution is 6.42. The zero-order valence-corrected chi connectivity index (χ0v) is 24.3. The highest BCUT2D eigenvalue weighted by Gasteiger charge is 2.52. The smallest absolute Gasteiger partial charge is 0.329 e. The summed E-state index contributed by atoms with van der Waals surface area (Å²) >= 11 is 12.4. The van der Waals surface area contributed by atoms with Crippen molar-refractivity contribution in [2.45, 2.75) is 44.9 Å². The maximum Gasteiger partial charge on any atom is 0.497 e. The van der Waals surface area contributed by atoms with Crippen LogP contribution in [-0.4, -0.2) is 66.7 Å². The van der Waals surface area contributed by atoms with E-state index in [0.717, 1.165) is 6.42 Å². The number of carbonyl (C=O) groups excluding carboxylic acids is 2. The van der Waals surface area contributed by atoms with Crippen molar-refractivity contribution in [1.82, 2.24) is 33.7 Å². The molecular formula is C27H24Cl2F4N7O4+. The molecule has 0 atom stereocenters. The molecule has 0 spiro atoms. The van der Waals surface area contributed by atoms with E-state index in [1.807, 2.05) is 0 Å². The summed E-state index contributed by atoms with van der Waals surface area (Å²) in [6, 6.07) is 5.51. The number of aromatic amines is 1. The van der Waals surface area contributed by atoms with Gasteiger partial charge in [0, 0.05) is 44.2 Å². The predicted octanol–water partition coefficient (Wildman–Crippen LogP) is 4.42. The minimum Gasteiger partial charge on any atom is -0.329 e. The van der Waals surface area contributed by atoms with Crippen LogP contribution in [0.5, 0.6) is 0 Å². The van der Waals surface area contributed by atoms with E-state index in [2.05, 4.69) is 15.2 Å². The molecule has 1 aromatic carbocycles. The maximum atomic E-state index is 15.0. The first kappa shape index (κ1) is 30.1. The fourth-order valence-corrected chi connectivity index (χ4v) is 6.17. The van der Waals surface area contributed by atoms with Gasteiger partial charge in [0.25, 0.3) is 11.5 Å². The number of hydrogen-bond donors (Lipinski definition) is 1. The molecule has 232 valence electrons. The number of hydrogen-bond acceptors (Lipinski definition) is 6. The number of rotatable bonds is 5. The number of H-pyrrole nitrogens is 1. The molecule has 6 rings (SSSR count).